The average Bonchev–Trinajstić information content (AvgIpc) is 2.35. The summed E-state index contributed by atoms with van der Waals surface area (Å²) in [4.78, 5) is 11.4. The zero-order chi connectivity index (χ0) is 14.7. The van der Waals surface area contributed by atoms with Gasteiger partial charge in [0.1, 0.15) is 11.6 Å². The molecule has 1 rings (SSSR count). The van der Waals surface area contributed by atoms with Crippen LogP contribution in [0.3, 0.4) is 0 Å². The van der Waals surface area contributed by atoms with Gasteiger partial charge in [0, 0.05) is 11.1 Å². The summed E-state index contributed by atoms with van der Waals surface area (Å²) in [5, 5.41) is 0. The number of hydrogen-bond donors (Lipinski definition) is 1. The van der Waals surface area contributed by atoms with E-state index in [9.17, 15) is 13.6 Å². The van der Waals surface area contributed by atoms with Crippen LogP contribution in [0.15, 0.2) is 18.2 Å². The lowest BCUT2D eigenvalue weighted by atomic mass is 10.0. The molecule has 0 aliphatic heterocycles. The monoisotopic (exact) mass is 299 g/mol. The summed E-state index contributed by atoms with van der Waals surface area (Å²) < 4.78 is 28.8. The van der Waals surface area contributed by atoms with Crippen molar-refractivity contribution in [1.82, 2.24) is 0 Å². The van der Waals surface area contributed by atoms with Crippen LogP contribution in [-0.4, -0.2) is 23.5 Å². The van der Waals surface area contributed by atoms with Crippen molar-refractivity contribution in [3.8, 4) is 0 Å². The van der Waals surface area contributed by atoms with Gasteiger partial charge in [-0.1, -0.05) is 38.3 Å². The molecule has 0 spiro atoms. The molecular formula is C13H19F2NOSi2. The van der Waals surface area contributed by atoms with Crippen LogP contribution >= 0.6 is 0 Å². The van der Waals surface area contributed by atoms with Gasteiger partial charge in [-0.05, 0) is 11.6 Å². The first kappa shape index (κ1) is 16.0. The van der Waals surface area contributed by atoms with E-state index >= 15 is 0 Å². The van der Waals surface area contributed by atoms with E-state index in [1.165, 1.54) is 6.07 Å². The summed E-state index contributed by atoms with van der Waals surface area (Å²) in [5.41, 5.74) is 5.88. The molecule has 0 saturated carbocycles. The van der Waals surface area contributed by atoms with E-state index in [1.54, 1.807) is 25.2 Å². The number of nitrogens with two attached hydrogens (primary N) is 1. The van der Waals surface area contributed by atoms with Crippen molar-refractivity contribution in [2.45, 2.75) is 37.8 Å². The van der Waals surface area contributed by atoms with Crippen molar-refractivity contribution in [2.75, 3.05) is 0 Å². The van der Waals surface area contributed by atoms with Crippen LogP contribution in [0.2, 0.25) is 26.2 Å². The van der Waals surface area contributed by atoms with Gasteiger partial charge >= 0.3 is 0 Å². The zero-order valence-electron chi connectivity index (χ0n) is 11.6. The third-order valence-electron chi connectivity index (χ3n) is 2.95. The van der Waals surface area contributed by atoms with Crippen LogP contribution in [0.5, 0.6) is 0 Å². The molecule has 2 atom stereocenters. The number of carbonyl (C=O) groups excluding carboxylic acids is 1. The predicted molar refractivity (Wildman–Crippen MR) is 77.6 cm³/mol. The van der Waals surface area contributed by atoms with Gasteiger partial charge in [0.15, 0.2) is 0 Å². The van der Waals surface area contributed by atoms with Crippen molar-refractivity contribution >= 4 is 23.5 Å². The van der Waals surface area contributed by atoms with E-state index in [-0.39, 0.29) is 11.1 Å². The predicted octanol–water partition coefficient (Wildman–Crippen LogP) is 3.39. The van der Waals surface area contributed by atoms with Crippen LogP contribution in [0.4, 0.5) is 8.78 Å². The van der Waals surface area contributed by atoms with Gasteiger partial charge in [0.2, 0.25) is 5.91 Å². The Labute approximate surface area is 116 Å². The molecule has 19 heavy (non-hydrogen) atoms. The minimum absolute atomic E-state index is 0.113. The SMILES string of the molecule is C[Si](C)C(F)c1cccc(C(N)=O)c1C(F)[Si](C)C. The zero-order valence-corrected chi connectivity index (χ0v) is 13.6. The second-order valence-electron chi connectivity index (χ2n) is 5.05. The molecule has 0 aliphatic carbocycles. The minimum atomic E-state index is -1.33. The molecule has 1 aromatic rings. The van der Waals surface area contributed by atoms with Gasteiger partial charge in [-0.15, -0.1) is 0 Å². The van der Waals surface area contributed by atoms with Crippen molar-refractivity contribution in [2.24, 2.45) is 5.73 Å². The summed E-state index contributed by atoms with van der Waals surface area (Å²) in [5.74, 6) is -3.18. The summed E-state index contributed by atoms with van der Waals surface area (Å²) in [6.45, 7) is 7.25. The Kier molecular flexibility index (Phi) is 5.43. The van der Waals surface area contributed by atoms with E-state index < -0.39 is 35.1 Å². The van der Waals surface area contributed by atoms with Gasteiger partial charge < -0.3 is 5.73 Å². The highest BCUT2D eigenvalue weighted by Crippen LogP contribution is 2.34. The van der Waals surface area contributed by atoms with Crippen molar-refractivity contribution in [1.29, 1.82) is 0 Å². The van der Waals surface area contributed by atoms with Gasteiger partial charge in [-0.25, -0.2) is 8.78 Å². The maximum absolute atomic E-state index is 14.4. The molecule has 0 saturated heterocycles. The fraction of sp³-hybridized carbons (Fsp3) is 0.462. The smallest absolute Gasteiger partial charge is 0.249 e. The van der Waals surface area contributed by atoms with Gasteiger partial charge in [0.25, 0.3) is 0 Å². The first-order chi connectivity index (χ1) is 8.77. The molecule has 0 aliphatic rings. The van der Waals surface area contributed by atoms with Crippen LogP contribution in [-0.2, 0) is 0 Å². The molecule has 1 aromatic carbocycles. The van der Waals surface area contributed by atoms with Crippen molar-refractivity contribution < 1.29 is 13.6 Å². The first-order valence-corrected chi connectivity index (χ1v) is 11.2. The largest absolute Gasteiger partial charge is 0.366 e. The van der Waals surface area contributed by atoms with Crippen LogP contribution in [0, 0.1) is 0 Å². The third-order valence-corrected chi connectivity index (χ3v) is 5.57. The number of alkyl halides is 2. The highest BCUT2D eigenvalue weighted by Gasteiger charge is 2.29. The van der Waals surface area contributed by atoms with Gasteiger partial charge in [-0.3, -0.25) is 4.79 Å². The lowest BCUT2D eigenvalue weighted by Crippen LogP contribution is -2.23. The molecule has 2 unspecified atom stereocenters. The van der Waals surface area contributed by atoms with E-state index in [0.29, 0.717) is 5.56 Å². The fourth-order valence-corrected chi connectivity index (χ4v) is 3.67. The number of rotatable bonds is 5. The number of amides is 1. The Bertz CT molecular complexity index is 466. The standard InChI is InChI=1S/C13H19F2NOSi2/c1-18(2)11(14)8-6-5-7-9(13(16)17)10(8)12(15)19(3)4/h5-7,11-12H,1-4H3,(H2,16,17). The molecule has 0 fully saturated rings. The summed E-state index contributed by atoms with van der Waals surface area (Å²) >= 11 is 0. The molecule has 1 amide bonds. The lowest BCUT2D eigenvalue weighted by molar-refractivity contribution is 0.0998. The molecule has 2 radical (unpaired) electrons. The maximum Gasteiger partial charge on any atom is 0.249 e. The quantitative estimate of drug-likeness (QED) is 0.832. The fourth-order valence-electron chi connectivity index (χ4n) is 1.90. The molecule has 2 nitrogen and oxygen atoms in total. The summed E-state index contributed by atoms with van der Waals surface area (Å²) in [6.07, 6.45) is 0. The molecular weight excluding hydrogens is 280 g/mol. The van der Waals surface area contributed by atoms with Crippen LogP contribution in [0.1, 0.15) is 33.1 Å². The number of hydrogen-bond acceptors (Lipinski definition) is 1. The topological polar surface area (TPSA) is 43.1 Å². The Morgan fingerprint density at radius 3 is 2.05 bits per heavy atom. The maximum atomic E-state index is 14.4. The molecule has 0 bridgehead atoms. The molecule has 104 valence electrons. The number of primary amides is 1. The van der Waals surface area contributed by atoms with E-state index in [1.807, 2.05) is 13.1 Å². The minimum Gasteiger partial charge on any atom is -0.366 e. The van der Waals surface area contributed by atoms with Gasteiger partial charge in [0.05, 0.1) is 17.6 Å². The first-order valence-electron chi connectivity index (χ1n) is 6.08. The van der Waals surface area contributed by atoms with E-state index in [4.69, 9.17) is 5.73 Å². The van der Waals surface area contributed by atoms with Gasteiger partial charge in [-0.2, -0.15) is 0 Å². The van der Waals surface area contributed by atoms with Crippen molar-refractivity contribution in [3.05, 3.63) is 34.9 Å². The van der Waals surface area contributed by atoms with Crippen LogP contribution in [0.25, 0.3) is 0 Å². The Hall–Kier alpha value is -1.02. The second kappa shape index (κ2) is 6.43. The normalized spacial score (nSPS) is 14.7. The molecule has 0 aromatic heterocycles. The third kappa shape index (κ3) is 3.50. The highest BCUT2D eigenvalue weighted by atomic mass is 28.3. The second-order valence-corrected chi connectivity index (χ2v) is 10.4. The summed E-state index contributed by atoms with van der Waals surface area (Å²) in [7, 11) is -2.59. The molecule has 0 heterocycles. The Morgan fingerprint density at radius 1 is 1.11 bits per heavy atom. The van der Waals surface area contributed by atoms with E-state index in [2.05, 4.69) is 0 Å². The highest BCUT2D eigenvalue weighted by molar-refractivity contribution is 6.58. The number of carbonyl (C=O) groups is 1. The van der Waals surface area contributed by atoms with Crippen LogP contribution < -0.4 is 5.73 Å². The molecule has 2 N–H and O–H groups in total. The Balaban J connectivity index is 3.46. The van der Waals surface area contributed by atoms with E-state index in [0.717, 1.165) is 0 Å². The number of benzene rings is 1. The number of halogens is 2. The average molecular weight is 299 g/mol. The lowest BCUT2D eigenvalue weighted by Gasteiger charge is -2.22. The van der Waals surface area contributed by atoms with Crippen molar-refractivity contribution in [3.63, 3.8) is 0 Å². The molecule has 6 heteroatoms. The summed E-state index contributed by atoms with van der Waals surface area (Å²) in [6, 6.07) is 4.62. The Morgan fingerprint density at radius 2 is 1.63 bits per heavy atom.